The van der Waals surface area contributed by atoms with Crippen LogP contribution in [0.4, 0.5) is 0 Å². The Morgan fingerprint density at radius 2 is 2.25 bits per heavy atom. The monoisotopic (exact) mass is 239 g/mol. The van der Waals surface area contributed by atoms with Crippen molar-refractivity contribution >= 4 is 12.2 Å². The molecule has 2 aliphatic heterocycles. The van der Waals surface area contributed by atoms with Gasteiger partial charge < -0.3 is 14.7 Å². The van der Waals surface area contributed by atoms with Gasteiger partial charge in [-0.25, -0.2) is 0 Å². The zero-order chi connectivity index (χ0) is 11.1. The fourth-order valence-corrected chi connectivity index (χ4v) is 3.57. The van der Waals surface area contributed by atoms with Gasteiger partial charge in [0.1, 0.15) is 0 Å². The zero-order valence-corrected chi connectivity index (χ0v) is 10.0. The first kappa shape index (κ1) is 10.5. The largest absolute Gasteiger partial charge is 0.390 e. The predicted molar refractivity (Wildman–Crippen MR) is 63.8 cm³/mol. The first-order valence-electron chi connectivity index (χ1n) is 5.95. The molecule has 3 heterocycles. The van der Waals surface area contributed by atoms with E-state index in [1.807, 2.05) is 6.20 Å². The van der Waals surface area contributed by atoms with Crippen LogP contribution in [0.1, 0.15) is 31.0 Å². The van der Waals surface area contributed by atoms with Crippen LogP contribution >= 0.6 is 12.2 Å². The lowest BCUT2D eigenvalue weighted by molar-refractivity contribution is 0.251. The van der Waals surface area contributed by atoms with Crippen LogP contribution in [-0.4, -0.2) is 38.7 Å². The van der Waals surface area contributed by atoms with Crippen LogP contribution in [0, 0.1) is 4.77 Å². The quantitative estimate of drug-likeness (QED) is 0.768. The second-order valence-corrected chi connectivity index (χ2v) is 5.10. The third-order valence-electron chi connectivity index (χ3n) is 3.95. The first-order valence-corrected chi connectivity index (χ1v) is 6.36. The molecular formula is C11H17N3OS. The number of aliphatic hydroxyl groups is 1. The van der Waals surface area contributed by atoms with Crippen LogP contribution in [0.2, 0.25) is 0 Å². The number of rotatable bonds is 2. The molecule has 5 heteroatoms. The van der Waals surface area contributed by atoms with E-state index in [4.69, 9.17) is 12.2 Å². The van der Waals surface area contributed by atoms with E-state index in [1.54, 1.807) is 0 Å². The normalized spacial score (nSPS) is 29.8. The highest BCUT2D eigenvalue weighted by Crippen LogP contribution is 2.36. The smallest absolute Gasteiger partial charge is 0.177 e. The molecular weight excluding hydrogens is 222 g/mol. The highest BCUT2D eigenvalue weighted by Gasteiger charge is 2.38. The third kappa shape index (κ3) is 1.46. The van der Waals surface area contributed by atoms with E-state index in [1.165, 1.54) is 25.9 Å². The first-order chi connectivity index (χ1) is 7.81. The summed E-state index contributed by atoms with van der Waals surface area (Å²) in [6.45, 7) is 2.47. The molecule has 2 saturated heterocycles. The fourth-order valence-electron chi connectivity index (χ4n) is 3.26. The summed E-state index contributed by atoms with van der Waals surface area (Å²) in [5.74, 6) is 0. The standard InChI is InChI=1S/C11H17N3OS/c15-7-8-6-12-11(16)14(8)10-3-5-13-4-1-2-9(10)13/h6,9-10,15H,1-5,7H2,(H,12,16). The maximum Gasteiger partial charge on any atom is 0.177 e. The number of nitrogens with one attached hydrogen (secondary N) is 1. The summed E-state index contributed by atoms with van der Waals surface area (Å²) in [6.07, 6.45) is 5.56. The summed E-state index contributed by atoms with van der Waals surface area (Å²) in [7, 11) is 0. The SMILES string of the molecule is OCc1c[nH]c(=S)n1C1CCN2CCCC12. The molecule has 0 radical (unpaired) electrons. The van der Waals surface area contributed by atoms with Crippen molar-refractivity contribution in [3.05, 3.63) is 16.7 Å². The van der Waals surface area contributed by atoms with Gasteiger partial charge in [0.25, 0.3) is 0 Å². The molecule has 0 spiro atoms. The molecule has 3 rings (SSSR count). The summed E-state index contributed by atoms with van der Waals surface area (Å²) in [4.78, 5) is 5.60. The van der Waals surface area contributed by atoms with Gasteiger partial charge in [0.2, 0.25) is 0 Å². The van der Waals surface area contributed by atoms with Crippen molar-refractivity contribution in [1.82, 2.24) is 14.5 Å². The number of aromatic amines is 1. The lowest BCUT2D eigenvalue weighted by Gasteiger charge is -2.22. The number of H-pyrrole nitrogens is 1. The summed E-state index contributed by atoms with van der Waals surface area (Å²) < 4.78 is 2.88. The highest BCUT2D eigenvalue weighted by molar-refractivity contribution is 7.71. The van der Waals surface area contributed by atoms with Gasteiger partial charge in [0.05, 0.1) is 18.3 Å². The molecule has 0 aliphatic carbocycles. The molecule has 2 fully saturated rings. The van der Waals surface area contributed by atoms with Gasteiger partial charge in [-0.05, 0) is 38.0 Å². The number of aliphatic hydroxyl groups excluding tert-OH is 1. The molecule has 0 bridgehead atoms. The van der Waals surface area contributed by atoms with E-state index < -0.39 is 0 Å². The molecule has 0 saturated carbocycles. The number of hydrogen-bond donors (Lipinski definition) is 2. The van der Waals surface area contributed by atoms with Crippen LogP contribution < -0.4 is 0 Å². The Balaban J connectivity index is 1.97. The predicted octanol–water partition coefficient (Wildman–Crippen LogP) is 1.45. The van der Waals surface area contributed by atoms with Gasteiger partial charge >= 0.3 is 0 Å². The second-order valence-electron chi connectivity index (χ2n) is 4.71. The summed E-state index contributed by atoms with van der Waals surface area (Å²) in [5.41, 5.74) is 0.920. The van der Waals surface area contributed by atoms with Gasteiger partial charge in [-0.3, -0.25) is 4.90 Å². The lowest BCUT2D eigenvalue weighted by Crippen LogP contribution is -2.28. The summed E-state index contributed by atoms with van der Waals surface area (Å²) >= 11 is 5.31. The van der Waals surface area contributed by atoms with Crippen molar-refractivity contribution in [2.75, 3.05) is 13.1 Å². The van der Waals surface area contributed by atoms with Crippen molar-refractivity contribution in [3.8, 4) is 0 Å². The number of fused-ring (bicyclic) bond motifs is 1. The average Bonchev–Trinajstić information content (AvgIpc) is 2.92. The highest BCUT2D eigenvalue weighted by atomic mass is 32.1. The van der Waals surface area contributed by atoms with Crippen molar-refractivity contribution in [2.45, 2.75) is 38.0 Å². The molecule has 2 unspecified atom stereocenters. The maximum atomic E-state index is 9.33. The van der Waals surface area contributed by atoms with Gasteiger partial charge in [-0.15, -0.1) is 0 Å². The van der Waals surface area contributed by atoms with Crippen LogP contribution in [0.3, 0.4) is 0 Å². The number of nitrogens with zero attached hydrogens (tertiary/aromatic N) is 2. The molecule has 88 valence electrons. The third-order valence-corrected chi connectivity index (χ3v) is 4.27. The molecule has 1 aromatic heterocycles. The molecule has 2 atom stereocenters. The van der Waals surface area contributed by atoms with Crippen LogP contribution in [0.25, 0.3) is 0 Å². The summed E-state index contributed by atoms with van der Waals surface area (Å²) in [5, 5.41) is 9.33. The van der Waals surface area contributed by atoms with Crippen molar-refractivity contribution < 1.29 is 5.11 Å². The van der Waals surface area contributed by atoms with E-state index in [0.717, 1.165) is 16.9 Å². The maximum absolute atomic E-state index is 9.33. The topological polar surface area (TPSA) is 44.2 Å². The Kier molecular flexibility index (Phi) is 2.61. The van der Waals surface area contributed by atoms with E-state index >= 15 is 0 Å². The van der Waals surface area contributed by atoms with E-state index in [-0.39, 0.29) is 6.61 Å². The van der Waals surface area contributed by atoms with Crippen LogP contribution in [-0.2, 0) is 6.61 Å². The lowest BCUT2D eigenvalue weighted by atomic mass is 10.1. The van der Waals surface area contributed by atoms with E-state index in [9.17, 15) is 5.11 Å². The Hall–Kier alpha value is -0.650. The Morgan fingerprint density at radius 1 is 1.38 bits per heavy atom. The van der Waals surface area contributed by atoms with Crippen molar-refractivity contribution in [2.24, 2.45) is 0 Å². The molecule has 2 aliphatic rings. The van der Waals surface area contributed by atoms with Crippen LogP contribution in [0.5, 0.6) is 0 Å². The Bertz CT molecular complexity index is 439. The van der Waals surface area contributed by atoms with Gasteiger partial charge in [0, 0.05) is 18.8 Å². The van der Waals surface area contributed by atoms with Gasteiger partial charge in [-0.1, -0.05) is 0 Å². The Labute approximate surface area is 99.9 Å². The molecule has 2 N–H and O–H groups in total. The molecule has 0 amide bonds. The molecule has 0 aromatic carbocycles. The van der Waals surface area contributed by atoms with Crippen molar-refractivity contribution in [3.63, 3.8) is 0 Å². The molecule has 16 heavy (non-hydrogen) atoms. The van der Waals surface area contributed by atoms with E-state index in [0.29, 0.717) is 12.1 Å². The molecule has 1 aromatic rings. The van der Waals surface area contributed by atoms with Crippen molar-refractivity contribution in [1.29, 1.82) is 0 Å². The number of hydrogen-bond acceptors (Lipinski definition) is 3. The second kappa shape index (κ2) is 3.98. The average molecular weight is 239 g/mol. The minimum atomic E-state index is 0.0658. The van der Waals surface area contributed by atoms with E-state index in [2.05, 4.69) is 14.5 Å². The van der Waals surface area contributed by atoms with Gasteiger partial charge in [0.15, 0.2) is 4.77 Å². The summed E-state index contributed by atoms with van der Waals surface area (Å²) in [6, 6.07) is 1.09. The van der Waals surface area contributed by atoms with Gasteiger partial charge in [-0.2, -0.15) is 0 Å². The number of imidazole rings is 1. The molecule has 4 nitrogen and oxygen atoms in total. The minimum absolute atomic E-state index is 0.0658. The minimum Gasteiger partial charge on any atom is -0.390 e. The zero-order valence-electron chi connectivity index (χ0n) is 9.22. The number of aromatic nitrogens is 2. The Morgan fingerprint density at radius 3 is 3.06 bits per heavy atom. The van der Waals surface area contributed by atoms with Crippen LogP contribution in [0.15, 0.2) is 6.20 Å². The fraction of sp³-hybridized carbons (Fsp3) is 0.727.